The molecule has 1 heterocycles. The van der Waals surface area contributed by atoms with Crippen molar-refractivity contribution in [3.8, 4) is 0 Å². The zero-order chi connectivity index (χ0) is 12.3. The predicted octanol–water partition coefficient (Wildman–Crippen LogP) is 3.09. The van der Waals surface area contributed by atoms with Gasteiger partial charge in [-0.1, -0.05) is 26.7 Å². The highest BCUT2D eigenvalue weighted by Crippen LogP contribution is 2.29. The molecule has 0 aromatic carbocycles. The molecular formula is C12H19N3OS. The molecule has 1 saturated carbocycles. The summed E-state index contributed by atoms with van der Waals surface area (Å²) in [5, 5.41) is 8.32. The average molecular weight is 253 g/mol. The second kappa shape index (κ2) is 5.49. The van der Waals surface area contributed by atoms with Crippen LogP contribution in [0.2, 0.25) is 0 Å². The van der Waals surface area contributed by atoms with Crippen molar-refractivity contribution in [2.75, 3.05) is 5.32 Å². The van der Waals surface area contributed by atoms with Crippen molar-refractivity contribution in [3.05, 3.63) is 11.6 Å². The Hall–Kier alpha value is -1.10. The number of aromatic nitrogens is 1. The lowest BCUT2D eigenvalue weighted by Crippen LogP contribution is -2.45. The molecule has 5 heteroatoms. The number of rotatable bonds is 2. The van der Waals surface area contributed by atoms with Crippen LogP contribution in [0.5, 0.6) is 0 Å². The van der Waals surface area contributed by atoms with Crippen LogP contribution in [0, 0.1) is 11.8 Å². The maximum Gasteiger partial charge on any atom is 0.321 e. The lowest BCUT2D eigenvalue weighted by atomic mass is 9.78. The summed E-state index contributed by atoms with van der Waals surface area (Å²) in [5.41, 5.74) is 0. The van der Waals surface area contributed by atoms with Crippen LogP contribution in [0.1, 0.15) is 33.1 Å². The zero-order valence-corrected chi connectivity index (χ0v) is 11.1. The number of hydrogen-bond acceptors (Lipinski definition) is 3. The van der Waals surface area contributed by atoms with Crippen LogP contribution in [0.25, 0.3) is 0 Å². The minimum Gasteiger partial charge on any atom is -0.335 e. The summed E-state index contributed by atoms with van der Waals surface area (Å²) in [6.07, 6.45) is 5.24. The predicted molar refractivity (Wildman–Crippen MR) is 70.2 cm³/mol. The van der Waals surface area contributed by atoms with E-state index in [0.717, 1.165) is 6.42 Å². The zero-order valence-electron chi connectivity index (χ0n) is 10.3. The van der Waals surface area contributed by atoms with Gasteiger partial charge in [0.05, 0.1) is 0 Å². The quantitative estimate of drug-likeness (QED) is 0.851. The van der Waals surface area contributed by atoms with E-state index < -0.39 is 0 Å². The summed E-state index contributed by atoms with van der Waals surface area (Å²) >= 11 is 1.43. The molecule has 3 unspecified atom stereocenters. The molecule has 1 aliphatic rings. The van der Waals surface area contributed by atoms with Crippen molar-refractivity contribution in [2.45, 2.75) is 39.2 Å². The third-order valence-corrected chi connectivity index (χ3v) is 4.36. The van der Waals surface area contributed by atoms with Crippen LogP contribution in [0.3, 0.4) is 0 Å². The lowest BCUT2D eigenvalue weighted by molar-refractivity contribution is 0.201. The molecule has 1 aromatic rings. The Bertz CT molecular complexity index is 366. The largest absolute Gasteiger partial charge is 0.335 e. The fourth-order valence-corrected chi connectivity index (χ4v) is 2.90. The third-order valence-electron chi connectivity index (χ3n) is 3.68. The number of carbonyl (C=O) groups is 1. The Morgan fingerprint density at radius 2 is 2.29 bits per heavy atom. The molecule has 17 heavy (non-hydrogen) atoms. The van der Waals surface area contributed by atoms with Gasteiger partial charge in [-0.05, 0) is 18.3 Å². The van der Waals surface area contributed by atoms with Gasteiger partial charge in [0.2, 0.25) is 0 Å². The van der Waals surface area contributed by atoms with Gasteiger partial charge in [-0.25, -0.2) is 9.78 Å². The SMILES string of the molecule is CC1CCCC(NC(=O)Nc2nccs2)C1C. The van der Waals surface area contributed by atoms with Crippen molar-refractivity contribution in [2.24, 2.45) is 11.8 Å². The van der Waals surface area contributed by atoms with E-state index in [0.29, 0.717) is 23.0 Å². The van der Waals surface area contributed by atoms with E-state index in [2.05, 4.69) is 29.5 Å². The van der Waals surface area contributed by atoms with Crippen LogP contribution in [-0.4, -0.2) is 17.1 Å². The van der Waals surface area contributed by atoms with E-state index >= 15 is 0 Å². The van der Waals surface area contributed by atoms with Gasteiger partial charge in [-0.15, -0.1) is 11.3 Å². The maximum absolute atomic E-state index is 11.8. The van der Waals surface area contributed by atoms with Crippen molar-refractivity contribution in [1.82, 2.24) is 10.3 Å². The number of nitrogens with zero attached hydrogens (tertiary/aromatic N) is 1. The van der Waals surface area contributed by atoms with Gasteiger partial charge in [0.15, 0.2) is 5.13 Å². The van der Waals surface area contributed by atoms with Crippen molar-refractivity contribution < 1.29 is 4.79 Å². The van der Waals surface area contributed by atoms with Gasteiger partial charge >= 0.3 is 6.03 Å². The Labute approximate surface area is 106 Å². The third kappa shape index (κ3) is 3.19. The number of urea groups is 1. The average Bonchev–Trinajstić information content (AvgIpc) is 2.77. The molecular weight excluding hydrogens is 234 g/mol. The number of anilines is 1. The molecule has 1 aromatic heterocycles. The second-order valence-corrected chi connectivity index (χ2v) is 5.70. The molecule has 94 valence electrons. The Kier molecular flexibility index (Phi) is 3.99. The maximum atomic E-state index is 11.8. The van der Waals surface area contributed by atoms with E-state index in [9.17, 15) is 4.79 Å². The first kappa shape index (κ1) is 12.4. The molecule has 0 aliphatic heterocycles. The van der Waals surface area contributed by atoms with E-state index in [-0.39, 0.29) is 6.03 Å². The topological polar surface area (TPSA) is 54.0 Å². The number of hydrogen-bond donors (Lipinski definition) is 2. The van der Waals surface area contributed by atoms with E-state index in [1.807, 2.05) is 5.38 Å². The molecule has 0 bridgehead atoms. The van der Waals surface area contributed by atoms with E-state index in [1.165, 1.54) is 24.2 Å². The van der Waals surface area contributed by atoms with Crippen LogP contribution >= 0.6 is 11.3 Å². The molecule has 1 aliphatic carbocycles. The Balaban J connectivity index is 1.85. The van der Waals surface area contributed by atoms with Gasteiger partial charge in [0.1, 0.15) is 0 Å². The molecule has 1 fully saturated rings. The van der Waals surface area contributed by atoms with Crippen LogP contribution in [0.15, 0.2) is 11.6 Å². The molecule has 0 radical (unpaired) electrons. The van der Waals surface area contributed by atoms with Crippen molar-refractivity contribution in [3.63, 3.8) is 0 Å². The van der Waals surface area contributed by atoms with Gasteiger partial charge in [0, 0.05) is 17.6 Å². The summed E-state index contributed by atoms with van der Waals surface area (Å²) in [4.78, 5) is 15.8. The highest BCUT2D eigenvalue weighted by atomic mass is 32.1. The smallest absolute Gasteiger partial charge is 0.321 e. The second-order valence-electron chi connectivity index (χ2n) is 4.81. The summed E-state index contributed by atoms with van der Waals surface area (Å²) in [5.74, 6) is 1.24. The van der Waals surface area contributed by atoms with E-state index in [4.69, 9.17) is 0 Å². The van der Waals surface area contributed by atoms with Crippen LogP contribution in [-0.2, 0) is 0 Å². The number of amides is 2. The first-order valence-corrected chi connectivity index (χ1v) is 7.02. The van der Waals surface area contributed by atoms with Crippen molar-refractivity contribution >= 4 is 22.5 Å². The molecule has 4 nitrogen and oxygen atoms in total. The van der Waals surface area contributed by atoms with Crippen LogP contribution in [0.4, 0.5) is 9.93 Å². The summed E-state index contributed by atoms with van der Waals surface area (Å²) in [7, 11) is 0. The first-order valence-electron chi connectivity index (χ1n) is 6.14. The summed E-state index contributed by atoms with van der Waals surface area (Å²) in [6.45, 7) is 4.48. The Morgan fingerprint density at radius 1 is 1.47 bits per heavy atom. The molecule has 2 rings (SSSR count). The van der Waals surface area contributed by atoms with Gasteiger partial charge in [-0.3, -0.25) is 5.32 Å². The minimum absolute atomic E-state index is 0.133. The first-order chi connectivity index (χ1) is 8.16. The standard InChI is InChI=1S/C12H19N3OS/c1-8-4-3-5-10(9(8)2)14-11(16)15-12-13-6-7-17-12/h6-10H,3-5H2,1-2H3,(H2,13,14,15,16). The summed E-state index contributed by atoms with van der Waals surface area (Å²) < 4.78 is 0. The van der Waals surface area contributed by atoms with E-state index in [1.54, 1.807) is 6.20 Å². The van der Waals surface area contributed by atoms with Gasteiger partial charge < -0.3 is 5.32 Å². The van der Waals surface area contributed by atoms with Crippen LogP contribution < -0.4 is 10.6 Å². The van der Waals surface area contributed by atoms with Gasteiger partial charge in [0.25, 0.3) is 0 Å². The summed E-state index contributed by atoms with van der Waals surface area (Å²) in [6, 6.07) is 0.157. The van der Waals surface area contributed by atoms with Gasteiger partial charge in [-0.2, -0.15) is 0 Å². The highest BCUT2D eigenvalue weighted by Gasteiger charge is 2.28. The molecule has 0 saturated heterocycles. The molecule has 3 atom stereocenters. The fourth-order valence-electron chi connectivity index (χ4n) is 2.37. The normalized spacial score (nSPS) is 28.7. The molecule has 0 spiro atoms. The molecule has 2 amide bonds. The molecule has 2 N–H and O–H groups in total. The number of thiazole rings is 1. The monoisotopic (exact) mass is 253 g/mol. The van der Waals surface area contributed by atoms with Crippen molar-refractivity contribution in [1.29, 1.82) is 0 Å². The minimum atomic E-state index is -0.133. The Morgan fingerprint density at radius 3 is 3.00 bits per heavy atom. The highest BCUT2D eigenvalue weighted by molar-refractivity contribution is 7.13. The number of nitrogens with one attached hydrogen (secondary N) is 2. The lowest BCUT2D eigenvalue weighted by Gasteiger charge is -2.34. The fraction of sp³-hybridized carbons (Fsp3) is 0.667. The number of carbonyl (C=O) groups excluding carboxylic acids is 1.